The first kappa shape index (κ1) is 32.6. The minimum absolute atomic E-state index is 0.0227. The largest absolute Gasteiger partial charge is 0.310 e. The molecule has 268 valence electrons. The number of benzene rings is 8. The van der Waals surface area contributed by atoms with Crippen LogP contribution in [0.4, 0.5) is 34.1 Å². The van der Waals surface area contributed by atoms with Crippen LogP contribution in [0.1, 0.15) is 35.1 Å². The first-order valence-corrected chi connectivity index (χ1v) is 19.9. The average molecular weight is 720 g/mol. The molecule has 1 atom stereocenters. The summed E-state index contributed by atoms with van der Waals surface area (Å²) in [6.45, 7) is 0. The van der Waals surface area contributed by atoms with E-state index in [9.17, 15) is 0 Å². The molecule has 2 aliphatic rings. The molecular weight excluding hydrogens is 679 g/mol. The number of fused-ring (bicyclic) bond motifs is 7. The van der Waals surface area contributed by atoms with Crippen molar-refractivity contribution in [3.8, 4) is 5.69 Å². The van der Waals surface area contributed by atoms with Gasteiger partial charge in [0.2, 0.25) is 0 Å². The topological polar surface area (TPSA) is 11.4 Å². The molecule has 0 bridgehead atoms. The Morgan fingerprint density at radius 3 is 1.34 bits per heavy atom. The molecule has 11 rings (SSSR count). The normalized spacial score (nSPS) is 15.6. The van der Waals surface area contributed by atoms with Crippen LogP contribution in [-0.4, -0.2) is 4.57 Å². The Bertz CT molecular complexity index is 2820. The summed E-state index contributed by atoms with van der Waals surface area (Å²) in [5, 5.41) is 2.51. The summed E-state index contributed by atoms with van der Waals surface area (Å²) in [6.07, 6.45) is 4.46. The van der Waals surface area contributed by atoms with Gasteiger partial charge in [-0.15, -0.1) is 0 Å². The zero-order valence-electron chi connectivity index (χ0n) is 31.2. The molecule has 0 amide bonds. The van der Waals surface area contributed by atoms with Gasteiger partial charge in [-0.25, -0.2) is 0 Å². The number of aromatic nitrogens is 1. The maximum Gasteiger partial charge on any atom is 0.0542 e. The number of hydrogen-bond acceptors (Lipinski definition) is 2. The number of nitrogens with zero attached hydrogens (tertiary/aromatic N) is 3. The lowest BCUT2D eigenvalue weighted by Gasteiger charge is -2.31. The van der Waals surface area contributed by atoms with Crippen molar-refractivity contribution in [3.05, 3.63) is 222 Å². The predicted molar refractivity (Wildman–Crippen MR) is 234 cm³/mol. The van der Waals surface area contributed by atoms with Gasteiger partial charge in [0.1, 0.15) is 0 Å². The number of anilines is 6. The fourth-order valence-corrected chi connectivity index (χ4v) is 9.82. The molecule has 9 aromatic rings. The lowest BCUT2D eigenvalue weighted by atomic mass is 9.76. The number of rotatable bonds is 7. The minimum Gasteiger partial charge on any atom is -0.310 e. The van der Waals surface area contributed by atoms with Crippen molar-refractivity contribution in [1.29, 1.82) is 0 Å². The third kappa shape index (κ3) is 5.19. The minimum atomic E-state index is -0.0227. The fraction of sp³-hybridized carbons (Fsp3) is 0.0943. The molecule has 56 heavy (non-hydrogen) atoms. The Morgan fingerprint density at radius 2 is 0.786 bits per heavy atom. The van der Waals surface area contributed by atoms with Crippen LogP contribution in [0, 0.1) is 0 Å². The molecule has 1 heterocycles. The maximum absolute atomic E-state index is 2.53. The molecule has 0 fully saturated rings. The van der Waals surface area contributed by atoms with Crippen LogP contribution < -0.4 is 9.80 Å². The third-order valence-electron chi connectivity index (χ3n) is 12.3. The second-order valence-corrected chi connectivity index (χ2v) is 15.3. The number of aryl methyl sites for hydroxylation is 2. The van der Waals surface area contributed by atoms with Crippen molar-refractivity contribution in [2.45, 2.75) is 31.1 Å². The van der Waals surface area contributed by atoms with Gasteiger partial charge in [-0.2, -0.15) is 0 Å². The van der Waals surface area contributed by atoms with Gasteiger partial charge < -0.3 is 14.4 Å². The van der Waals surface area contributed by atoms with Crippen LogP contribution in [0.5, 0.6) is 0 Å². The zero-order chi connectivity index (χ0) is 37.1. The molecule has 3 nitrogen and oxygen atoms in total. The molecule has 2 aliphatic carbocycles. The highest BCUT2D eigenvalue weighted by Crippen LogP contribution is 2.55. The van der Waals surface area contributed by atoms with Crippen molar-refractivity contribution in [2.24, 2.45) is 0 Å². The summed E-state index contributed by atoms with van der Waals surface area (Å²) in [5.74, 6) is 0. The van der Waals surface area contributed by atoms with Crippen LogP contribution in [0.2, 0.25) is 0 Å². The lowest BCUT2D eigenvalue weighted by molar-refractivity contribution is 0.507. The first-order valence-electron chi connectivity index (χ1n) is 19.9. The molecule has 0 saturated carbocycles. The van der Waals surface area contributed by atoms with Crippen LogP contribution in [-0.2, 0) is 18.3 Å². The SMILES string of the molecule is c1ccc(N(c2ccccc2)c2ccc3c(c2)[C@@]2(CC3)CCc3ccc(N(c4ccccc4)c4ccc5c(c4)c4ccccc4n5-c4ccccc4)cc32)cc1. The summed E-state index contributed by atoms with van der Waals surface area (Å²) < 4.78 is 2.39. The van der Waals surface area contributed by atoms with Crippen LogP contribution in [0.3, 0.4) is 0 Å². The van der Waals surface area contributed by atoms with E-state index in [2.05, 4.69) is 215 Å². The van der Waals surface area contributed by atoms with E-state index < -0.39 is 0 Å². The lowest BCUT2D eigenvalue weighted by Crippen LogP contribution is -2.22. The van der Waals surface area contributed by atoms with Crippen molar-refractivity contribution in [3.63, 3.8) is 0 Å². The Morgan fingerprint density at radius 1 is 0.357 bits per heavy atom. The van der Waals surface area contributed by atoms with Gasteiger partial charge in [0, 0.05) is 56.0 Å². The van der Waals surface area contributed by atoms with E-state index in [1.54, 1.807) is 0 Å². The van der Waals surface area contributed by atoms with Gasteiger partial charge in [-0.05, 0) is 145 Å². The predicted octanol–water partition coefficient (Wildman–Crippen LogP) is 13.9. The highest BCUT2D eigenvalue weighted by Gasteiger charge is 2.45. The Kier molecular flexibility index (Phi) is 7.67. The second kappa shape index (κ2) is 13.2. The standard InChI is InChI=1S/C53H41N3/c1-5-15-40(16-6-1)54(41-17-7-2-8-18-41)45-27-25-38-31-33-53(49(38)36-45)34-32-39-26-28-46(37-50(39)53)55(42-19-9-3-10-20-42)44-29-30-52-48(35-44)47-23-13-14-24-51(47)56(52)43-21-11-4-12-22-43/h1-30,35-37H,31-34H2/t53-/m1/s1. The molecule has 8 aromatic carbocycles. The third-order valence-corrected chi connectivity index (χ3v) is 12.3. The fourth-order valence-electron chi connectivity index (χ4n) is 9.82. The van der Waals surface area contributed by atoms with Gasteiger partial charge in [0.05, 0.1) is 11.0 Å². The molecule has 0 aliphatic heterocycles. The molecule has 0 unspecified atom stereocenters. The smallest absolute Gasteiger partial charge is 0.0542 e. The quantitative estimate of drug-likeness (QED) is 0.162. The van der Waals surface area contributed by atoms with Gasteiger partial charge in [0.15, 0.2) is 0 Å². The van der Waals surface area contributed by atoms with Crippen LogP contribution >= 0.6 is 0 Å². The summed E-state index contributed by atoms with van der Waals surface area (Å²) in [7, 11) is 0. The van der Waals surface area contributed by atoms with Crippen LogP contribution in [0.25, 0.3) is 27.5 Å². The number of hydrogen-bond donors (Lipinski definition) is 0. The van der Waals surface area contributed by atoms with Gasteiger partial charge in [0.25, 0.3) is 0 Å². The van der Waals surface area contributed by atoms with Gasteiger partial charge >= 0.3 is 0 Å². The van der Waals surface area contributed by atoms with E-state index in [0.717, 1.165) is 37.1 Å². The Labute approximate surface area is 328 Å². The Hall–Kier alpha value is -6.84. The molecular formula is C53H41N3. The van der Waals surface area contributed by atoms with E-state index >= 15 is 0 Å². The molecule has 1 spiro atoms. The number of para-hydroxylation sites is 5. The highest BCUT2D eigenvalue weighted by atomic mass is 15.1. The summed E-state index contributed by atoms with van der Waals surface area (Å²) >= 11 is 0. The van der Waals surface area contributed by atoms with E-state index in [4.69, 9.17) is 0 Å². The molecule has 0 saturated heterocycles. The monoisotopic (exact) mass is 719 g/mol. The van der Waals surface area contributed by atoms with Crippen molar-refractivity contribution in [1.82, 2.24) is 4.57 Å². The van der Waals surface area contributed by atoms with Crippen molar-refractivity contribution < 1.29 is 0 Å². The van der Waals surface area contributed by atoms with E-state index in [1.165, 1.54) is 72.5 Å². The summed E-state index contributed by atoms with van der Waals surface area (Å²) in [4.78, 5) is 4.86. The maximum atomic E-state index is 2.53. The van der Waals surface area contributed by atoms with Gasteiger partial charge in [-0.1, -0.05) is 103 Å². The molecule has 0 N–H and O–H groups in total. The van der Waals surface area contributed by atoms with E-state index in [1.807, 2.05) is 0 Å². The van der Waals surface area contributed by atoms with E-state index in [-0.39, 0.29) is 5.41 Å². The van der Waals surface area contributed by atoms with Crippen molar-refractivity contribution in [2.75, 3.05) is 9.80 Å². The van der Waals surface area contributed by atoms with Gasteiger partial charge in [-0.3, -0.25) is 0 Å². The summed E-state index contributed by atoms with van der Waals surface area (Å²) in [6, 6.07) is 73.5. The Balaban J connectivity index is 1.05. The van der Waals surface area contributed by atoms with Crippen LogP contribution in [0.15, 0.2) is 200 Å². The molecule has 0 radical (unpaired) electrons. The molecule has 3 heteroatoms. The highest BCUT2D eigenvalue weighted by molar-refractivity contribution is 6.10. The average Bonchev–Trinajstić information content (AvgIpc) is 3.94. The van der Waals surface area contributed by atoms with E-state index in [0.29, 0.717) is 0 Å². The zero-order valence-corrected chi connectivity index (χ0v) is 31.2. The molecule has 1 aromatic heterocycles. The second-order valence-electron chi connectivity index (χ2n) is 15.3. The first-order chi connectivity index (χ1) is 27.7. The summed E-state index contributed by atoms with van der Waals surface area (Å²) in [5.41, 5.74) is 16.6. The van der Waals surface area contributed by atoms with Crippen molar-refractivity contribution >= 4 is 55.9 Å².